The quantitative estimate of drug-likeness (QED) is 0.751. The fourth-order valence-corrected chi connectivity index (χ4v) is 2.75. The van der Waals surface area contributed by atoms with Gasteiger partial charge in [0.1, 0.15) is 0 Å². The van der Waals surface area contributed by atoms with Crippen molar-refractivity contribution in [2.75, 3.05) is 13.1 Å². The third-order valence-electron chi connectivity index (χ3n) is 3.74. The lowest BCUT2D eigenvalue weighted by Crippen LogP contribution is -2.43. The number of fused-ring (bicyclic) bond motifs is 1. The minimum Gasteiger partial charge on any atom is -0.338 e. The zero-order chi connectivity index (χ0) is 13.4. The molecule has 2 aromatic heterocycles. The highest BCUT2D eigenvalue weighted by molar-refractivity contribution is 6.20. The van der Waals surface area contributed by atoms with Crippen LogP contribution in [0.3, 0.4) is 0 Å². The minimum absolute atomic E-state index is 0.0524. The summed E-state index contributed by atoms with van der Waals surface area (Å²) < 4.78 is 1.73. The summed E-state index contributed by atoms with van der Waals surface area (Å²) in [7, 11) is 0. The summed E-state index contributed by atoms with van der Waals surface area (Å²) in [6.07, 6.45) is 4.35. The van der Waals surface area contributed by atoms with E-state index in [9.17, 15) is 4.79 Å². The SMILES string of the molecule is CC1CN(C(=O)c2cnn3ccccc23)CCC1Cl. The Kier molecular flexibility index (Phi) is 3.19. The average Bonchev–Trinajstić information content (AvgIpc) is 2.85. The van der Waals surface area contributed by atoms with Gasteiger partial charge in [0, 0.05) is 24.7 Å². The van der Waals surface area contributed by atoms with Crippen molar-refractivity contribution in [1.82, 2.24) is 14.5 Å². The molecule has 0 spiro atoms. The van der Waals surface area contributed by atoms with Gasteiger partial charge in [-0.05, 0) is 24.5 Å². The number of pyridine rings is 1. The predicted molar refractivity (Wildman–Crippen MR) is 74.5 cm³/mol. The van der Waals surface area contributed by atoms with Crippen LogP contribution in [-0.2, 0) is 0 Å². The van der Waals surface area contributed by atoms with E-state index in [1.54, 1.807) is 10.7 Å². The summed E-state index contributed by atoms with van der Waals surface area (Å²) in [6.45, 7) is 3.53. The molecule has 1 fully saturated rings. The lowest BCUT2D eigenvalue weighted by atomic mass is 9.99. The Hall–Kier alpha value is -1.55. The number of nitrogens with zero attached hydrogens (tertiary/aromatic N) is 3. The summed E-state index contributed by atoms with van der Waals surface area (Å²) in [5, 5.41) is 4.39. The van der Waals surface area contributed by atoms with Crippen LogP contribution < -0.4 is 0 Å². The van der Waals surface area contributed by atoms with Gasteiger partial charge in [0.15, 0.2) is 0 Å². The maximum atomic E-state index is 12.6. The first-order valence-corrected chi connectivity index (χ1v) is 6.96. The van der Waals surface area contributed by atoms with E-state index in [1.165, 1.54) is 0 Å². The molecular formula is C14H16ClN3O. The Morgan fingerprint density at radius 1 is 1.47 bits per heavy atom. The number of alkyl halides is 1. The van der Waals surface area contributed by atoms with E-state index in [2.05, 4.69) is 12.0 Å². The molecule has 3 heterocycles. The monoisotopic (exact) mass is 277 g/mol. The molecule has 19 heavy (non-hydrogen) atoms. The molecule has 1 saturated heterocycles. The number of piperidine rings is 1. The fourth-order valence-electron chi connectivity index (χ4n) is 2.57. The van der Waals surface area contributed by atoms with Gasteiger partial charge in [-0.25, -0.2) is 4.52 Å². The van der Waals surface area contributed by atoms with Gasteiger partial charge in [-0.2, -0.15) is 5.10 Å². The van der Waals surface area contributed by atoms with Gasteiger partial charge >= 0.3 is 0 Å². The van der Waals surface area contributed by atoms with Crippen LogP contribution in [0.1, 0.15) is 23.7 Å². The number of carbonyl (C=O) groups excluding carboxylic acids is 1. The average molecular weight is 278 g/mol. The van der Waals surface area contributed by atoms with Crippen LogP contribution in [0, 0.1) is 5.92 Å². The van der Waals surface area contributed by atoms with Crippen molar-refractivity contribution in [3.05, 3.63) is 36.2 Å². The van der Waals surface area contributed by atoms with Gasteiger partial charge in [0.05, 0.1) is 17.3 Å². The second-order valence-electron chi connectivity index (χ2n) is 5.12. The summed E-state index contributed by atoms with van der Waals surface area (Å²) in [6, 6.07) is 5.73. The molecule has 2 aromatic rings. The van der Waals surface area contributed by atoms with E-state index in [0.717, 1.165) is 25.0 Å². The maximum absolute atomic E-state index is 12.6. The molecule has 100 valence electrons. The molecule has 4 nitrogen and oxygen atoms in total. The number of halogens is 1. The molecule has 0 radical (unpaired) electrons. The summed E-state index contributed by atoms with van der Waals surface area (Å²) in [5.41, 5.74) is 1.52. The highest BCUT2D eigenvalue weighted by atomic mass is 35.5. The Morgan fingerprint density at radius 3 is 3.11 bits per heavy atom. The molecule has 1 amide bonds. The van der Waals surface area contributed by atoms with Crippen molar-refractivity contribution >= 4 is 23.0 Å². The van der Waals surface area contributed by atoms with E-state index < -0.39 is 0 Å². The minimum atomic E-state index is 0.0524. The maximum Gasteiger partial charge on any atom is 0.257 e. The summed E-state index contributed by atoms with van der Waals surface area (Å²) in [4.78, 5) is 14.4. The standard InChI is InChI=1S/C14H16ClN3O/c1-10-9-17(7-5-12(10)15)14(19)11-8-16-18-6-3-2-4-13(11)18/h2-4,6,8,10,12H,5,7,9H2,1H3. The lowest BCUT2D eigenvalue weighted by molar-refractivity contribution is 0.0689. The Balaban J connectivity index is 1.88. The molecular weight excluding hydrogens is 262 g/mol. The number of hydrogen-bond donors (Lipinski definition) is 0. The van der Waals surface area contributed by atoms with Crippen LogP contribution >= 0.6 is 11.6 Å². The van der Waals surface area contributed by atoms with Crippen LogP contribution in [-0.4, -0.2) is 38.9 Å². The molecule has 1 aliphatic heterocycles. The van der Waals surface area contributed by atoms with Crippen molar-refractivity contribution in [2.45, 2.75) is 18.7 Å². The van der Waals surface area contributed by atoms with Crippen molar-refractivity contribution < 1.29 is 4.79 Å². The van der Waals surface area contributed by atoms with Gasteiger partial charge in [-0.3, -0.25) is 4.79 Å². The number of aromatic nitrogens is 2. The third kappa shape index (κ3) is 2.21. The Labute approximate surface area is 117 Å². The van der Waals surface area contributed by atoms with E-state index in [1.807, 2.05) is 29.3 Å². The second kappa shape index (κ2) is 4.85. The molecule has 0 aliphatic carbocycles. The van der Waals surface area contributed by atoms with Crippen LogP contribution in [0.5, 0.6) is 0 Å². The van der Waals surface area contributed by atoms with Crippen LogP contribution in [0.2, 0.25) is 0 Å². The first-order valence-electron chi connectivity index (χ1n) is 6.52. The van der Waals surface area contributed by atoms with Crippen molar-refractivity contribution in [1.29, 1.82) is 0 Å². The third-order valence-corrected chi connectivity index (χ3v) is 4.39. The molecule has 2 atom stereocenters. The Bertz CT molecular complexity index is 610. The number of amides is 1. The zero-order valence-electron chi connectivity index (χ0n) is 10.8. The largest absolute Gasteiger partial charge is 0.338 e. The van der Waals surface area contributed by atoms with Crippen molar-refractivity contribution in [3.63, 3.8) is 0 Å². The van der Waals surface area contributed by atoms with Crippen LogP contribution in [0.15, 0.2) is 30.6 Å². The van der Waals surface area contributed by atoms with Crippen LogP contribution in [0.25, 0.3) is 5.52 Å². The van der Waals surface area contributed by atoms with Crippen molar-refractivity contribution in [2.24, 2.45) is 5.92 Å². The van der Waals surface area contributed by atoms with Crippen LogP contribution in [0.4, 0.5) is 0 Å². The number of rotatable bonds is 1. The molecule has 1 aliphatic rings. The summed E-state index contributed by atoms with van der Waals surface area (Å²) in [5.74, 6) is 0.387. The second-order valence-corrected chi connectivity index (χ2v) is 5.68. The highest BCUT2D eigenvalue weighted by Gasteiger charge is 2.28. The van der Waals surface area contributed by atoms with E-state index in [0.29, 0.717) is 11.5 Å². The van der Waals surface area contributed by atoms with Gasteiger partial charge in [-0.15, -0.1) is 11.6 Å². The number of likely N-dealkylation sites (tertiary alicyclic amines) is 1. The predicted octanol–water partition coefficient (Wildman–Crippen LogP) is 2.42. The van der Waals surface area contributed by atoms with E-state index in [-0.39, 0.29) is 11.3 Å². The van der Waals surface area contributed by atoms with Gasteiger partial charge < -0.3 is 4.90 Å². The molecule has 0 N–H and O–H groups in total. The van der Waals surface area contributed by atoms with E-state index in [4.69, 9.17) is 11.6 Å². The van der Waals surface area contributed by atoms with Gasteiger partial charge in [-0.1, -0.05) is 13.0 Å². The lowest BCUT2D eigenvalue weighted by Gasteiger charge is -2.33. The molecule has 0 aromatic carbocycles. The number of hydrogen-bond acceptors (Lipinski definition) is 2. The van der Waals surface area contributed by atoms with Gasteiger partial charge in [0.25, 0.3) is 5.91 Å². The smallest absolute Gasteiger partial charge is 0.257 e. The van der Waals surface area contributed by atoms with Crippen molar-refractivity contribution in [3.8, 4) is 0 Å². The summed E-state index contributed by atoms with van der Waals surface area (Å²) >= 11 is 6.20. The van der Waals surface area contributed by atoms with Gasteiger partial charge in [0.2, 0.25) is 0 Å². The van der Waals surface area contributed by atoms with E-state index >= 15 is 0 Å². The highest BCUT2D eigenvalue weighted by Crippen LogP contribution is 2.23. The first-order chi connectivity index (χ1) is 9.16. The molecule has 5 heteroatoms. The fraction of sp³-hybridized carbons (Fsp3) is 0.429. The normalized spacial score (nSPS) is 23.8. The first kappa shape index (κ1) is 12.5. The molecule has 3 rings (SSSR count). The molecule has 0 bridgehead atoms. The molecule has 0 saturated carbocycles. The Morgan fingerprint density at radius 2 is 2.32 bits per heavy atom. The zero-order valence-corrected chi connectivity index (χ0v) is 11.5. The molecule has 2 unspecified atom stereocenters. The number of carbonyl (C=O) groups is 1. The topological polar surface area (TPSA) is 37.6 Å².